The van der Waals surface area contributed by atoms with Gasteiger partial charge in [0.15, 0.2) is 11.5 Å². The lowest BCUT2D eigenvalue weighted by atomic mass is 10.0. The molecule has 0 saturated heterocycles. The Hall–Kier alpha value is -3.57. The van der Waals surface area contributed by atoms with Crippen LogP contribution in [0.15, 0.2) is 77.3 Å². The van der Waals surface area contributed by atoms with Gasteiger partial charge in [-0.05, 0) is 48.2 Å². The van der Waals surface area contributed by atoms with Gasteiger partial charge in [0.25, 0.3) is 0 Å². The van der Waals surface area contributed by atoms with E-state index < -0.39 is 28.5 Å². The predicted molar refractivity (Wildman–Crippen MR) is 166 cm³/mol. The van der Waals surface area contributed by atoms with Gasteiger partial charge in [-0.3, -0.25) is 13.9 Å². The fraction of sp³-hybridized carbons (Fsp3) is 0.355. The number of sulfonamides is 1. The smallest absolute Gasteiger partial charge is 0.244 e. The SMILES string of the molecule is CCS(=O)(=O)N(CC(=O)N(Cc1ccc(Br)cc1)C(Cc1ccccc1)C(=O)NCC(C)C)c1ccc2c(c1)OCO2. The van der Waals surface area contributed by atoms with Crippen molar-refractivity contribution in [1.29, 1.82) is 0 Å². The summed E-state index contributed by atoms with van der Waals surface area (Å²) in [4.78, 5) is 29.4. The number of fused-ring (bicyclic) bond motifs is 1. The molecule has 224 valence electrons. The van der Waals surface area contributed by atoms with Crippen LogP contribution in [0.2, 0.25) is 0 Å². The van der Waals surface area contributed by atoms with E-state index in [9.17, 15) is 18.0 Å². The van der Waals surface area contributed by atoms with Crippen LogP contribution in [0.25, 0.3) is 0 Å². The maximum absolute atomic E-state index is 14.2. The highest BCUT2D eigenvalue weighted by atomic mass is 79.9. The second-order valence-corrected chi connectivity index (χ2v) is 13.5. The van der Waals surface area contributed by atoms with Crippen LogP contribution in [-0.4, -0.2) is 56.8 Å². The maximum atomic E-state index is 14.2. The summed E-state index contributed by atoms with van der Waals surface area (Å²) in [6, 6.07) is 20.8. The minimum Gasteiger partial charge on any atom is -0.454 e. The molecule has 1 atom stereocenters. The molecule has 0 spiro atoms. The average Bonchev–Trinajstić information content (AvgIpc) is 3.46. The van der Waals surface area contributed by atoms with Gasteiger partial charge < -0.3 is 19.7 Å². The van der Waals surface area contributed by atoms with E-state index in [-0.39, 0.29) is 43.0 Å². The van der Waals surface area contributed by atoms with Gasteiger partial charge >= 0.3 is 0 Å². The molecule has 0 saturated carbocycles. The summed E-state index contributed by atoms with van der Waals surface area (Å²) in [5.74, 6) is 0.0833. The highest BCUT2D eigenvalue weighted by Gasteiger charge is 2.34. The van der Waals surface area contributed by atoms with Crippen molar-refractivity contribution in [1.82, 2.24) is 10.2 Å². The minimum atomic E-state index is -3.88. The van der Waals surface area contributed by atoms with Crippen molar-refractivity contribution in [2.75, 3.05) is 29.9 Å². The van der Waals surface area contributed by atoms with Gasteiger partial charge in [0.05, 0.1) is 11.4 Å². The van der Waals surface area contributed by atoms with Gasteiger partial charge in [0.1, 0.15) is 12.6 Å². The molecule has 1 heterocycles. The molecule has 1 aliphatic heterocycles. The molecule has 2 amide bonds. The zero-order chi connectivity index (χ0) is 30.3. The Morgan fingerprint density at radius 1 is 0.952 bits per heavy atom. The Labute approximate surface area is 256 Å². The first-order chi connectivity index (χ1) is 20.1. The van der Waals surface area contributed by atoms with Crippen LogP contribution in [-0.2, 0) is 32.6 Å². The Kier molecular flexibility index (Phi) is 10.5. The molecule has 0 aromatic heterocycles. The Bertz CT molecular complexity index is 1480. The quantitative estimate of drug-likeness (QED) is 0.285. The van der Waals surface area contributed by atoms with E-state index in [1.54, 1.807) is 18.2 Å². The van der Waals surface area contributed by atoms with Crippen LogP contribution in [0.4, 0.5) is 5.69 Å². The van der Waals surface area contributed by atoms with Crippen molar-refractivity contribution in [3.05, 3.63) is 88.4 Å². The Morgan fingerprint density at radius 2 is 1.64 bits per heavy atom. The molecule has 3 aromatic rings. The molecule has 0 radical (unpaired) electrons. The third-order valence-electron chi connectivity index (χ3n) is 6.85. The van der Waals surface area contributed by atoms with Crippen molar-refractivity contribution < 1.29 is 27.5 Å². The topological polar surface area (TPSA) is 105 Å². The predicted octanol–water partition coefficient (Wildman–Crippen LogP) is 4.75. The highest BCUT2D eigenvalue weighted by molar-refractivity contribution is 9.10. The molecule has 0 aliphatic carbocycles. The fourth-order valence-electron chi connectivity index (χ4n) is 4.52. The zero-order valence-corrected chi connectivity index (χ0v) is 26.4. The number of ether oxygens (including phenoxy) is 2. The van der Waals surface area contributed by atoms with Crippen molar-refractivity contribution >= 4 is 43.5 Å². The largest absolute Gasteiger partial charge is 0.454 e. The monoisotopic (exact) mass is 657 g/mol. The number of nitrogens with one attached hydrogen (secondary N) is 1. The van der Waals surface area contributed by atoms with Crippen LogP contribution in [0.1, 0.15) is 31.9 Å². The number of hydrogen-bond acceptors (Lipinski definition) is 6. The van der Waals surface area contributed by atoms with Gasteiger partial charge in [-0.15, -0.1) is 0 Å². The molecule has 0 fully saturated rings. The second-order valence-electron chi connectivity index (χ2n) is 10.4. The third kappa shape index (κ3) is 8.04. The van der Waals surface area contributed by atoms with Gasteiger partial charge in [-0.2, -0.15) is 0 Å². The minimum absolute atomic E-state index is 0.0336. The van der Waals surface area contributed by atoms with Gasteiger partial charge in [-0.25, -0.2) is 8.42 Å². The second kappa shape index (κ2) is 14.1. The van der Waals surface area contributed by atoms with Crippen LogP contribution in [0, 0.1) is 5.92 Å². The van der Waals surface area contributed by atoms with Crippen LogP contribution < -0.4 is 19.1 Å². The molecular weight excluding hydrogens is 622 g/mol. The Balaban J connectivity index is 1.73. The first-order valence-corrected chi connectivity index (χ1v) is 16.2. The molecule has 1 N–H and O–H groups in total. The molecule has 9 nitrogen and oxygen atoms in total. The van der Waals surface area contributed by atoms with Crippen LogP contribution in [0.5, 0.6) is 11.5 Å². The number of benzene rings is 3. The molecule has 1 aliphatic rings. The van der Waals surface area contributed by atoms with E-state index in [0.29, 0.717) is 18.0 Å². The molecule has 4 rings (SSSR count). The molecule has 42 heavy (non-hydrogen) atoms. The first kappa shape index (κ1) is 31.4. The summed E-state index contributed by atoms with van der Waals surface area (Å²) in [5, 5.41) is 2.98. The summed E-state index contributed by atoms with van der Waals surface area (Å²) in [5.41, 5.74) is 1.96. The summed E-state index contributed by atoms with van der Waals surface area (Å²) in [6.07, 6.45) is 0.261. The van der Waals surface area contributed by atoms with E-state index in [1.807, 2.05) is 68.4 Å². The summed E-state index contributed by atoms with van der Waals surface area (Å²) in [7, 11) is -3.88. The first-order valence-electron chi connectivity index (χ1n) is 13.8. The number of hydrogen-bond donors (Lipinski definition) is 1. The number of carbonyl (C=O) groups excluding carboxylic acids is 2. The van der Waals surface area contributed by atoms with Crippen molar-refractivity contribution in [3.8, 4) is 11.5 Å². The Morgan fingerprint density at radius 3 is 2.31 bits per heavy atom. The molecule has 11 heteroatoms. The van der Waals surface area contributed by atoms with E-state index >= 15 is 0 Å². The van der Waals surface area contributed by atoms with E-state index in [1.165, 1.54) is 11.8 Å². The van der Waals surface area contributed by atoms with E-state index in [4.69, 9.17) is 9.47 Å². The van der Waals surface area contributed by atoms with Gasteiger partial charge in [0, 0.05) is 30.0 Å². The number of amides is 2. The lowest BCUT2D eigenvalue weighted by Gasteiger charge is -2.34. The van der Waals surface area contributed by atoms with Crippen molar-refractivity contribution in [2.45, 2.75) is 39.8 Å². The fourth-order valence-corrected chi connectivity index (χ4v) is 5.84. The summed E-state index contributed by atoms with van der Waals surface area (Å²) < 4.78 is 39.5. The molecule has 3 aromatic carbocycles. The van der Waals surface area contributed by atoms with Crippen LogP contribution >= 0.6 is 15.9 Å². The molecule has 1 unspecified atom stereocenters. The van der Waals surface area contributed by atoms with Crippen LogP contribution in [0.3, 0.4) is 0 Å². The molecular formula is C31H36BrN3O6S. The number of carbonyl (C=O) groups is 2. The van der Waals surface area contributed by atoms with Crippen molar-refractivity contribution in [3.63, 3.8) is 0 Å². The number of halogens is 1. The average molecular weight is 659 g/mol. The highest BCUT2D eigenvalue weighted by Crippen LogP contribution is 2.36. The van der Waals surface area contributed by atoms with Crippen molar-refractivity contribution in [2.24, 2.45) is 5.92 Å². The third-order valence-corrected chi connectivity index (χ3v) is 9.12. The number of anilines is 1. The lowest BCUT2D eigenvalue weighted by molar-refractivity contribution is -0.140. The summed E-state index contributed by atoms with van der Waals surface area (Å²) in [6.45, 7) is 5.61. The normalized spacial score (nSPS) is 13.1. The van der Waals surface area contributed by atoms with E-state index in [2.05, 4.69) is 21.2 Å². The maximum Gasteiger partial charge on any atom is 0.244 e. The van der Waals surface area contributed by atoms with Gasteiger partial charge in [-0.1, -0.05) is 72.2 Å². The standard InChI is InChI=1S/C31H36BrN3O6S/c1-4-42(38,39)35(26-14-15-28-29(17-26)41-21-40-28)20-30(36)34(19-24-10-12-25(32)13-11-24)27(31(37)33-18-22(2)3)16-23-8-6-5-7-9-23/h5-15,17,22,27H,4,16,18-21H2,1-3H3,(H,33,37). The zero-order valence-electron chi connectivity index (χ0n) is 24.0. The lowest BCUT2D eigenvalue weighted by Crippen LogP contribution is -2.53. The number of rotatable bonds is 13. The van der Waals surface area contributed by atoms with E-state index in [0.717, 1.165) is 19.9 Å². The number of nitrogens with zero attached hydrogens (tertiary/aromatic N) is 2. The molecule has 0 bridgehead atoms. The van der Waals surface area contributed by atoms with Gasteiger partial charge in [0.2, 0.25) is 28.6 Å². The summed E-state index contributed by atoms with van der Waals surface area (Å²) >= 11 is 3.44.